The molecule has 5 nitrogen and oxygen atoms in total. The monoisotopic (exact) mass is 326 g/mol. The summed E-state index contributed by atoms with van der Waals surface area (Å²) in [5, 5.41) is 0. The summed E-state index contributed by atoms with van der Waals surface area (Å²) in [6.07, 6.45) is 1.45. The predicted molar refractivity (Wildman–Crippen MR) is 89.9 cm³/mol. The van der Waals surface area contributed by atoms with Crippen molar-refractivity contribution in [2.45, 2.75) is 19.8 Å². The maximum atomic E-state index is 12.3. The standard InChI is InChI=1S/C16H26N2O3S/c1-15-7-3-4-8-16(15)17-9-11-18(12-10-17)22(19,20)14-6-5-13-21-2/h3-4,7-8H,5-6,9-14H2,1-2H3. The van der Waals surface area contributed by atoms with Crippen LogP contribution in [0.25, 0.3) is 0 Å². The van der Waals surface area contributed by atoms with E-state index in [1.807, 2.05) is 12.1 Å². The average molecular weight is 326 g/mol. The van der Waals surface area contributed by atoms with Gasteiger partial charge in [-0.1, -0.05) is 18.2 Å². The van der Waals surface area contributed by atoms with E-state index >= 15 is 0 Å². The molecule has 1 aromatic carbocycles. The second-order valence-corrected chi connectivity index (χ2v) is 7.78. The molecule has 1 fully saturated rings. The summed E-state index contributed by atoms with van der Waals surface area (Å²) in [4.78, 5) is 2.27. The normalized spacial score (nSPS) is 16.9. The van der Waals surface area contributed by atoms with Gasteiger partial charge in [-0.25, -0.2) is 8.42 Å². The second kappa shape index (κ2) is 7.94. The summed E-state index contributed by atoms with van der Waals surface area (Å²) in [5.41, 5.74) is 2.44. The van der Waals surface area contributed by atoms with Crippen molar-refractivity contribution in [1.82, 2.24) is 4.31 Å². The van der Waals surface area contributed by atoms with Crippen molar-refractivity contribution >= 4 is 15.7 Å². The molecule has 1 aromatic rings. The van der Waals surface area contributed by atoms with Gasteiger partial charge in [0.05, 0.1) is 5.75 Å². The molecule has 1 heterocycles. The number of hydrogen-bond acceptors (Lipinski definition) is 4. The first-order chi connectivity index (χ1) is 10.5. The van der Waals surface area contributed by atoms with Crippen LogP contribution in [-0.4, -0.2) is 58.4 Å². The number of nitrogens with zero attached hydrogens (tertiary/aromatic N) is 2. The Morgan fingerprint density at radius 3 is 2.41 bits per heavy atom. The molecule has 0 unspecified atom stereocenters. The number of anilines is 1. The Kier molecular flexibility index (Phi) is 6.23. The van der Waals surface area contributed by atoms with E-state index < -0.39 is 10.0 Å². The minimum atomic E-state index is -3.13. The maximum Gasteiger partial charge on any atom is 0.214 e. The summed E-state index contributed by atoms with van der Waals surface area (Å²) in [5.74, 6) is 0.223. The number of unbranched alkanes of at least 4 members (excludes halogenated alkanes) is 1. The van der Waals surface area contributed by atoms with Gasteiger partial charge in [-0.05, 0) is 31.4 Å². The summed E-state index contributed by atoms with van der Waals surface area (Å²) in [6, 6.07) is 8.25. The zero-order valence-corrected chi connectivity index (χ0v) is 14.3. The lowest BCUT2D eigenvalue weighted by Gasteiger charge is -2.36. The van der Waals surface area contributed by atoms with Gasteiger partial charge in [-0.2, -0.15) is 4.31 Å². The van der Waals surface area contributed by atoms with E-state index in [0.29, 0.717) is 26.1 Å². The summed E-state index contributed by atoms with van der Waals surface area (Å²) < 4.78 is 31.2. The fourth-order valence-corrected chi connectivity index (χ4v) is 4.33. The molecule has 22 heavy (non-hydrogen) atoms. The third-order valence-corrected chi connectivity index (χ3v) is 6.05. The molecule has 1 aliphatic heterocycles. The van der Waals surface area contributed by atoms with Crippen LogP contribution in [0.15, 0.2) is 24.3 Å². The van der Waals surface area contributed by atoms with E-state index in [4.69, 9.17) is 4.74 Å². The Hall–Kier alpha value is -1.11. The topological polar surface area (TPSA) is 49.9 Å². The third-order valence-electron chi connectivity index (χ3n) is 4.09. The van der Waals surface area contributed by atoms with Crippen LogP contribution in [-0.2, 0) is 14.8 Å². The first-order valence-corrected chi connectivity index (χ1v) is 9.43. The van der Waals surface area contributed by atoms with Gasteiger partial charge >= 0.3 is 0 Å². The number of aryl methyl sites for hydroxylation is 1. The first-order valence-electron chi connectivity index (χ1n) is 7.82. The molecule has 0 aliphatic carbocycles. The Morgan fingerprint density at radius 1 is 1.09 bits per heavy atom. The number of methoxy groups -OCH3 is 1. The van der Waals surface area contributed by atoms with Crippen molar-refractivity contribution in [3.8, 4) is 0 Å². The highest BCUT2D eigenvalue weighted by Crippen LogP contribution is 2.21. The molecule has 0 bridgehead atoms. The molecule has 1 aliphatic rings. The van der Waals surface area contributed by atoms with Crippen molar-refractivity contribution in [2.24, 2.45) is 0 Å². The third kappa shape index (κ3) is 4.44. The van der Waals surface area contributed by atoms with Crippen molar-refractivity contribution in [3.63, 3.8) is 0 Å². The first kappa shape index (κ1) is 17.2. The Bertz CT molecular complexity index is 567. The van der Waals surface area contributed by atoms with E-state index in [1.165, 1.54) is 11.3 Å². The van der Waals surface area contributed by atoms with Gasteiger partial charge in [0, 0.05) is 45.6 Å². The summed E-state index contributed by atoms with van der Waals surface area (Å²) in [6.45, 7) is 5.36. The lowest BCUT2D eigenvalue weighted by Crippen LogP contribution is -2.49. The summed E-state index contributed by atoms with van der Waals surface area (Å²) >= 11 is 0. The van der Waals surface area contributed by atoms with E-state index in [9.17, 15) is 8.42 Å². The van der Waals surface area contributed by atoms with E-state index in [2.05, 4.69) is 24.0 Å². The van der Waals surface area contributed by atoms with Gasteiger partial charge in [0.2, 0.25) is 10.0 Å². The Balaban J connectivity index is 1.87. The van der Waals surface area contributed by atoms with Gasteiger partial charge in [0.1, 0.15) is 0 Å². The van der Waals surface area contributed by atoms with Crippen LogP contribution in [0, 0.1) is 6.92 Å². The quantitative estimate of drug-likeness (QED) is 0.718. The fraction of sp³-hybridized carbons (Fsp3) is 0.625. The van der Waals surface area contributed by atoms with E-state index in [0.717, 1.165) is 19.5 Å². The molecule has 2 rings (SSSR count). The number of hydrogen-bond donors (Lipinski definition) is 0. The number of benzene rings is 1. The largest absolute Gasteiger partial charge is 0.385 e. The van der Waals surface area contributed by atoms with Gasteiger partial charge < -0.3 is 9.64 Å². The molecule has 0 N–H and O–H groups in total. The number of ether oxygens (including phenoxy) is 1. The Labute approximate surface area is 133 Å². The molecule has 0 atom stereocenters. The zero-order valence-electron chi connectivity index (χ0n) is 13.5. The smallest absolute Gasteiger partial charge is 0.214 e. The van der Waals surface area contributed by atoms with Crippen molar-refractivity contribution < 1.29 is 13.2 Å². The van der Waals surface area contributed by atoms with Crippen LogP contribution in [0.5, 0.6) is 0 Å². The van der Waals surface area contributed by atoms with Gasteiger partial charge in [-0.15, -0.1) is 0 Å². The minimum absolute atomic E-state index is 0.223. The van der Waals surface area contributed by atoms with E-state index in [-0.39, 0.29) is 5.75 Å². The van der Waals surface area contributed by atoms with Crippen LogP contribution < -0.4 is 4.90 Å². The van der Waals surface area contributed by atoms with E-state index in [1.54, 1.807) is 11.4 Å². The number of piperazine rings is 1. The van der Waals surface area contributed by atoms with Crippen LogP contribution >= 0.6 is 0 Å². The lowest BCUT2D eigenvalue weighted by molar-refractivity contribution is 0.194. The van der Waals surface area contributed by atoms with Crippen molar-refractivity contribution in [2.75, 3.05) is 50.5 Å². The van der Waals surface area contributed by atoms with Crippen molar-refractivity contribution in [1.29, 1.82) is 0 Å². The van der Waals surface area contributed by atoms with Crippen LogP contribution in [0.2, 0.25) is 0 Å². The SMILES string of the molecule is COCCCCS(=O)(=O)N1CCN(c2ccccc2C)CC1. The highest BCUT2D eigenvalue weighted by molar-refractivity contribution is 7.89. The molecule has 6 heteroatoms. The average Bonchev–Trinajstić information content (AvgIpc) is 2.52. The molecule has 0 aromatic heterocycles. The van der Waals surface area contributed by atoms with Gasteiger partial charge in [0.25, 0.3) is 0 Å². The van der Waals surface area contributed by atoms with Crippen LogP contribution in [0.1, 0.15) is 18.4 Å². The molecular weight excluding hydrogens is 300 g/mol. The maximum absolute atomic E-state index is 12.3. The number of sulfonamides is 1. The predicted octanol–water partition coefficient (Wildman–Crippen LogP) is 1.87. The molecule has 0 radical (unpaired) electrons. The zero-order chi connectivity index (χ0) is 16.0. The molecule has 124 valence electrons. The molecule has 0 amide bonds. The lowest BCUT2D eigenvalue weighted by atomic mass is 10.1. The Morgan fingerprint density at radius 2 is 1.77 bits per heavy atom. The highest BCUT2D eigenvalue weighted by atomic mass is 32.2. The molecular formula is C16H26N2O3S. The molecule has 0 saturated carbocycles. The summed E-state index contributed by atoms with van der Waals surface area (Å²) in [7, 11) is -1.49. The number of rotatable bonds is 7. The van der Waals surface area contributed by atoms with Crippen LogP contribution in [0.3, 0.4) is 0 Å². The minimum Gasteiger partial charge on any atom is -0.385 e. The van der Waals surface area contributed by atoms with Gasteiger partial charge in [-0.3, -0.25) is 0 Å². The molecule has 1 saturated heterocycles. The number of para-hydroxylation sites is 1. The second-order valence-electron chi connectivity index (χ2n) is 5.69. The van der Waals surface area contributed by atoms with Crippen molar-refractivity contribution in [3.05, 3.63) is 29.8 Å². The van der Waals surface area contributed by atoms with Crippen LogP contribution in [0.4, 0.5) is 5.69 Å². The fourth-order valence-electron chi connectivity index (χ4n) is 2.79. The van der Waals surface area contributed by atoms with Gasteiger partial charge in [0.15, 0.2) is 0 Å². The highest BCUT2D eigenvalue weighted by Gasteiger charge is 2.26. The molecule has 0 spiro atoms.